The van der Waals surface area contributed by atoms with Gasteiger partial charge in [0.15, 0.2) is 0 Å². The lowest BCUT2D eigenvalue weighted by Gasteiger charge is -2.30. The Kier molecular flexibility index (Phi) is 6.24. The minimum absolute atomic E-state index is 0.0531. The number of urea groups is 1. The van der Waals surface area contributed by atoms with Gasteiger partial charge in [-0.25, -0.2) is 4.79 Å². The summed E-state index contributed by atoms with van der Waals surface area (Å²) in [7, 11) is 0. The molecule has 25 heavy (non-hydrogen) atoms. The number of rotatable bonds is 4. The third-order valence-corrected chi connectivity index (χ3v) is 5.62. The Morgan fingerprint density at radius 3 is 2.72 bits per heavy atom. The number of nitrogens with one attached hydrogen (secondary N) is 1. The first-order chi connectivity index (χ1) is 12.1. The van der Waals surface area contributed by atoms with Gasteiger partial charge in [0.1, 0.15) is 0 Å². The smallest absolute Gasteiger partial charge is 0.321 e. The van der Waals surface area contributed by atoms with Gasteiger partial charge < -0.3 is 16.0 Å². The van der Waals surface area contributed by atoms with Crippen LogP contribution in [0.5, 0.6) is 0 Å². The maximum absolute atomic E-state index is 12.5. The predicted molar refractivity (Wildman–Crippen MR) is 105 cm³/mol. The third-order valence-electron chi connectivity index (χ3n) is 4.24. The molecule has 1 heterocycles. The highest BCUT2D eigenvalue weighted by Gasteiger charge is 2.21. The Balaban J connectivity index is 1.63. The van der Waals surface area contributed by atoms with Crippen LogP contribution < -0.4 is 11.1 Å². The summed E-state index contributed by atoms with van der Waals surface area (Å²) in [6.07, 6.45) is 1.72. The Labute approximate surface area is 157 Å². The van der Waals surface area contributed by atoms with Crippen LogP contribution in [0.15, 0.2) is 53.4 Å². The van der Waals surface area contributed by atoms with E-state index < -0.39 is 0 Å². The molecule has 2 aromatic rings. The number of nitrogens with zero attached hydrogens (tertiary/aromatic N) is 1. The quantitative estimate of drug-likeness (QED) is 0.768. The number of benzene rings is 2. The Hall–Kier alpha value is -1.69. The minimum atomic E-state index is -0.0531. The van der Waals surface area contributed by atoms with Crippen LogP contribution in [0.25, 0.3) is 0 Å². The van der Waals surface area contributed by atoms with Crippen LogP contribution in [-0.4, -0.2) is 30.1 Å². The second-order valence-electron chi connectivity index (χ2n) is 6.17. The standard InChI is InChI=1S/C19H22ClN3OS/c20-15-5-3-4-14(12-15)13-25-18-7-2-1-6-17(18)22-19(24)23-10-8-16(21)9-11-23/h1-7,12,16H,8-11,13,21H2,(H,22,24). The number of piperidine rings is 1. The molecular weight excluding hydrogens is 354 g/mol. The third kappa shape index (κ3) is 5.14. The van der Waals surface area contributed by atoms with Crippen molar-refractivity contribution in [1.29, 1.82) is 0 Å². The van der Waals surface area contributed by atoms with Crippen molar-refractivity contribution in [2.75, 3.05) is 18.4 Å². The molecule has 0 unspecified atom stereocenters. The van der Waals surface area contributed by atoms with Crippen molar-refractivity contribution in [1.82, 2.24) is 4.90 Å². The molecule has 1 fully saturated rings. The number of nitrogens with two attached hydrogens (primary N) is 1. The molecule has 1 aliphatic heterocycles. The van der Waals surface area contributed by atoms with Crippen molar-refractivity contribution >= 4 is 35.1 Å². The number of likely N-dealkylation sites (tertiary alicyclic amines) is 1. The van der Waals surface area contributed by atoms with Crippen molar-refractivity contribution in [3.05, 3.63) is 59.1 Å². The van der Waals surface area contributed by atoms with E-state index in [0.29, 0.717) is 13.1 Å². The topological polar surface area (TPSA) is 58.4 Å². The first-order valence-corrected chi connectivity index (χ1v) is 9.76. The number of para-hydroxylation sites is 1. The first-order valence-electron chi connectivity index (χ1n) is 8.39. The zero-order chi connectivity index (χ0) is 17.6. The highest BCUT2D eigenvalue weighted by molar-refractivity contribution is 7.98. The number of anilines is 1. The number of hydrogen-bond acceptors (Lipinski definition) is 3. The molecule has 6 heteroatoms. The highest BCUT2D eigenvalue weighted by Crippen LogP contribution is 2.30. The van der Waals surface area contributed by atoms with Gasteiger partial charge in [-0.3, -0.25) is 0 Å². The van der Waals surface area contributed by atoms with E-state index in [1.165, 1.54) is 0 Å². The predicted octanol–water partition coefficient (Wildman–Crippen LogP) is 4.59. The van der Waals surface area contributed by atoms with Gasteiger partial charge >= 0.3 is 6.03 Å². The molecule has 0 radical (unpaired) electrons. The summed E-state index contributed by atoms with van der Waals surface area (Å²) >= 11 is 7.73. The van der Waals surface area contributed by atoms with Gasteiger partial charge in [-0.15, -0.1) is 11.8 Å². The molecule has 0 bridgehead atoms. The molecule has 0 saturated carbocycles. The van der Waals surface area contributed by atoms with Crippen LogP contribution in [0.4, 0.5) is 10.5 Å². The van der Waals surface area contributed by atoms with Crippen LogP contribution in [0.1, 0.15) is 18.4 Å². The maximum Gasteiger partial charge on any atom is 0.321 e. The van der Waals surface area contributed by atoms with Crippen LogP contribution in [0.2, 0.25) is 5.02 Å². The summed E-state index contributed by atoms with van der Waals surface area (Å²) in [5, 5.41) is 3.78. The van der Waals surface area contributed by atoms with E-state index in [4.69, 9.17) is 17.3 Å². The first kappa shape index (κ1) is 18.1. The van der Waals surface area contributed by atoms with E-state index >= 15 is 0 Å². The van der Waals surface area contributed by atoms with Crippen LogP contribution in [-0.2, 0) is 5.75 Å². The molecule has 132 valence electrons. The van der Waals surface area contributed by atoms with Gasteiger partial charge in [-0.2, -0.15) is 0 Å². The average Bonchev–Trinajstić information content (AvgIpc) is 2.61. The van der Waals surface area contributed by atoms with E-state index in [1.54, 1.807) is 11.8 Å². The number of thioether (sulfide) groups is 1. The van der Waals surface area contributed by atoms with Gasteiger partial charge in [0.05, 0.1) is 5.69 Å². The second kappa shape index (κ2) is 8.61. The molecule has 3 rings (SSSR count). The molecule has 0 aliphatic carbocycles. The molecule has 4 nitrogen and oxygen atoms in total. The lowest BCUT2D eigenvalue weighted by molar-refractivity contribution is 0.195. The molecule has 0 atom stereocenters. The lowest BCUT2D eigenvalue weighted by atomic mass is 10.1. The van der Waals surface area contributed by atoms with E-state index in [0.717, 1.165) is 39.8 Å². The molecular formula is C19H22ClN3OS. The fourth-order valence-electron chi connectivity index (χ4n) is 2.78. The van der Waals surface area contributed by atoms with Crippen molar-refractivity contribution < 1.29 is 4.79 Å². The number of halogens is 1. The molecule has 3 N–H and O–H groups in total. The summed E-state index contributed by atoms with van der Waals surface area (Å²) in [5.41, 5.74) is 7.91. The highest BCUT2D eigenvalue weighted by atomic mass is 35.5. The average molecular weight is 376 g/mol. The summed E-state index contributed by atoms with van der Waals surface area (Å²) in [6.45, 7) is 1.43. The van der Waals surface area contributed by atoms with Crippen LogP contribution in [0, 0.1) is 0 Å². The van der Waals surface area contributed by atoms with Gasteiger partial charge in [0, 0.05) is 34.8 Å². The maximum atomic E-state index is 12.5. The monoisotopic (exact) mass is 375 g/mol. The molecule has 1 aliphatic rings. The Morgan fingerprint density at radius 1 is 1.20 bits per heavy atom. The van der Waals surface area contributed by atoms with Gasteiger partial charge in [0.25, 0.3) is 0 Å². The largest absolute Gasteiger partial charge is 0.328 e. The molecule has 1 saturated heterocycles. The number of hydrogen-bond donors (Lipinski definition) is 2. The van der Waals surface area contributed by atoms with E-state index in [9.17, 15) is 4.79 Å². The van der Waals surface area contributed by atoms with E-state index in [2.05, 4.69) is 11.4 Å². The number of carbonyl (C=O) groups excluding carboxylic acids is 1. The normalized spacial score (nSPS) is 15.2. The van der Waals surface area contributed by atoms with Crippen molar-refractivity contribution in [3.63, 3.8) is 0 Å². The summed E-state index contributed by atoms with van der Waals surface area (Å²) in [6, 6.07) is 15.9. The Bertz CT molecular complexity index is 732. The van der Waals surface area contributed by atoms with Gasteiger partial charge in [-0.1, -0.05) is 35.9 Å². The second-order valence-corrected chi connectivity index (χ2v) is 7.62. The van der Waals surface area contributed by atoms with Crippen molar-refractivity contribution in [2.24, 2.45) is 5.73 Å². The number of amides is 2. The zero-order valence-corrected chi connectivity index (χ0v) is 15.5. The molecule has 0 spiro atoms. The summed E-state index contributed by atoms with van der Waals surface area (Å²) in [4.78, 5) is 15.4. The number of carbonyl (C=O) groups is 1. The molecule has 2 aromatic carbocycles. The molecule has 0 aromatic heterocycles. The zero-order valence-electron chi connectivity index (χ0n) is 14.0. The van der Waals surface area contributed by atoms with Gasteiger partial charge in [-0.05, 0) is 42.7 Å². The van der Waals surface area contributed by atoms with E-state index in [1.807, 2.05) is 47.4 Å². The van der Waals surface area contributed by atoms with Crippen LogP contribution in [0.3, 0.4) is 0 Å². The van der Waals surface area contributed by atoms with Crippen LogP contribution >= 0.6 is 23.4 Å². The summed E-state index contributed by atoms with van der Waals surface area (Å²) < 4.78 is 0. The SMILES string of the molecule is NC1CCN(C(=O)Nc2ccccc2SCc2cccc(Cl)c2)CC1. The van der Waals surface area contributed by atoms with Crippen molar-refractivity contribution in [2.45, 2.75) is 29.5 Å². The Morgan fingerprint density at radius 2 is 1.96 bits per heavy atom. The lowest BCUT2D eigenvalue weighted by Crippen LogP contribution is -2.44. The molecule has 2 amide bonds. The fourth-order valence-corrected chi connectivity index (χ4v) is 3.94. The van der Waals surface area contributed by atoms with Gasteiger partial charge in [0.2, 0.25) is 0 Å². The van der Waals surface area contributed by atoms with Crippen molar-refractivity contribution in [3.8, 4) is 0 Å². The van der Waals surface area contributed by atoms with E-state index in [-0.39, 0.29) is 12.1 Å². The minimum Gasteiger partial charge on any atom is -0.328 e. The summed E-state index contributed by atoms with van der Waals surface area (Å²) in [5.74, 6) is 0.798. The fraction of sp³-hybridized carbons (Fsp3) is 0.316.